The van der Waals surface area contributed by atoms with Gasteiger partial charge in [-0.15, -0.1) is 0 Å². The van der Waals surface area contributed by atoms with E-state index in [1.165, 1.54) is 0 Å². The highest BCUT2D eigenvalue weighted by Crippen LogP contribution is 2.15. The predicted octanol–water partition coefficient (Wildman–Crippen LogP) is 1.99. The van der Waals surface area contributed by atoms with Crippen LogP contribution in [0.25, 0.3) is 0 Å². The Balaban J connectivity index is 3.21. The summed E-state index contributed by atoms with van der Waals surface area (Å²) in [6, 6.07) is -1.09. The molecule has 0 amide bonds. The third kappa shape index (κ3) is 1.67. The van der Waals surface area contributed by atoms with Crippen LogP contribution in [0.1, 0.15) is 6.85 Å². The van der Waals surface area contributed by atoms with Crippen LogP contribution in [-0.4, -0.2) is 12.0 Å². The van der Waals surface area contributed by atoms with E-state index in [2.05, 4.69) is 25.7 Å². The monoisotopic (exact) mass is 210 g/mol. The quantitative estimate of drug-likeness (QED) is 0.662. The molecule has 0 N–H and O–H groups in total. The van der Waals surface area contributed by atoms with E-state index >= 15 is 0 Å². The summed E-state index contributed by atoms with van der Waals surface area (Å²) in [5.74, 6) is -1.87. The average molecular weight is 211 g/mol. The molecule has 0 aromatic carbocycles. The summed E-state index contributed by atoms with van der Waals surface area (Å²) in [5.41, 5.74) is 0. The van der Waals surface area contributed by atoms with Crippen LogP contribution in [0.3, 0.4) is 0 Å². The molecule has 54 valence electrons. The van der Waals surface area contributed by atoms with Gasteiger partial charge in [0.05, 0.1) is 13.9 Å². The van der Waals surface area contributed by atoms with Crippen molar-refractivity contribution < 1.29 is 16.0 Å². The summed E-state index contributed by atoms with van der Waals surface area (Å²) in [7, 11) is -2.81. The molecule has 1 aromatic rings. The normalized spacial score (nSPS) is 18.0. The Morgan fingerprint density at radius 3 is 3.40 bits per heavy atom. The SMILES string of the molecule is [2H]c1c(F)nc(OC([2H])([2H])[2H])c([2H])c1Br. The summed E-state index contributed by atoms with van der Waals surface area (Å²) in [6.07, 6.45) is 0. The molecule has 0 radical (unpaired) electrons. The van der Waals surface area contributed by atoms with Gasteiger partial charge < -0.3 is 4.74 Å². The van der Waals surface area contributed by atoms with Gasteiger partial charge in [0.1, 0.15) is 0 Å². The van der Waals surface area contributed by atoms with E-state index in [0.717, 1.165) is 0 Å². The number of hydrogen-bond acceptors (Lipinski definition) is 2. The summed E-state index contributed by atoms with van der Waals surface area (Å²) in [6.45, 7) is 0. The van der Waals surface area contributed by atoms with Gasteiger partial charge in [0.15, 0.2) is 0 Å². The van der Waals surface area contributed by atoms with Crippen LogP contribution in [-0.2, 0) is 0 Å². The van der Waals surface area contributed by atoms with E-state index in [1.807, 2.05) is 0 Å². The molecule has 1 aromatic heterocycles. The van der Waals surface area contributed by atoms with E-state index in [9.17, 15) is 4.39 Å². The summed E-state index contributed by atoms with van der Waals surface area (Å²) >= 11 is 2.77. The molecule has 1 rings (SSSR count). The third-order valence-corrected chi connectivity index (χ3v) is 1.12. The number of hydrogen-bond donors (Lipinski definition) is 0. The lowest BCUT2D eigenvalue weighted by Gasteiger charge is -1.97. The second-order valence-electron chi connectivity index (χ2n) is 1.37. The molecule has 0 aliphatic carbocycles. The molecule has 1 heterocycles. The lowest BCUT2D eigenvalue weighted by atomic mass is 10.5. The molecule has 0 bridgehead atoms. The third-order valence-electron chi connectivity index (χ3n) is 0.726. The first-order chi connectivity index (χ1) is 6.72. The molecule has 0 spiro atoms. The van der Waals surface area contributed by atoms with Gasteiger partial charge in [0, 0.05) is 16.6 Å². The maximum atomic E-state index is 12.9. The standard InChI is InChI=1S/C6H5BrFNO/c1-10-6-3-4(7)2-5(8)9-6/h2-3H,1H3/i1D3,2D,3D. The molecular weight excluding hydrogens is 201 g/mol. The minimum absolute atomic E-state index is 0.200. The van der Waals surface area contributed by atoms with Crippen LogP contribution in [0, 0.1) is 5.95 Å². The number of aromatic nitrogens is 1. The van der Waals surface area contributed by atoms with Gasteiger partial charge >= 0.3 is 0 Å². The van der Waals surface area contributed by atoms with Gasteiger partial charge in [0.25, 0.3) is 0 Å². The van der Waals surface area contributed by atoms with Gasteiger partial charge in [-0.3, -0.25) is 0 Å². The predicted molar refractivity (Wildman–Crippen MR) is 38.4 cm³/mol. The molecule has 0 aliphatic heterocycles. The summed E-state index contributed by atoms with van der Waals surface area (Å²) in [5, 5.41) is 0. The number of pyridine rings is 1. The lowest BCUT2D eigenvalue weighted by molar-refractivity contribution is 0.387. The molecule has 0 unspecified atom stereocenters. The van der Waals surface area contributed by atoms with Crippen molar-refractivity contribution in [2.24, 2.45) is 0 Å². The maximum Gasteiger partial charge on any atom is 0.217 e. The Bertz CT molecular complexity index is 396. The van der Waals surface area contributed by atoms with Crippen molar-refractivity contribution in [2.75, 3.05) is 7.04 Å². The second kappa shape index (κ2) is 2.96. The van der Waals surface area contributed by atoms with Crippen molar-refractivity contribution >= 4 is 15.9 Å². The van der Waals surface area contributed by atoms with Gasteiger partial charge in [-0.05, 0) is 0 Å². The van der Waals surface area contributed by atoms with Gasteiger partial charge in [-0.25, -0.2) is 0 Å². The minimum Gasteiger partial charge on any atom is -0.481 e. The molecule has 4 heteroatoms. The molecular formula is C6H5BrFNO. The van der Waals surface area contributed by atoms with Crippen molar-refractivity contribution in [3.63, 3.8) is 0 Å². The van der Waals surface area contributed by atoms with E-state index < -0.39 is 31.0 Å². The van der Waals surface area contributed by atoms with Gasteiger partial charge in [0.2, 0.25) is 11.8 Å². The van der Waals surface area contributed by atoms with E-state index in [1.54, 1.807) is 0 Å². The number of methoxy groups -OCH3 is 1. The van der Waals surface area contributed by atoms with Gasteiger partial charge in [-0.2, -0.15) is 9.37 Å². The van der Waals surface area contributed by atoms with Crippen LogP contribution in [0.15, 0.2) is 16.6 Å². The van der Waals surface area contributed by atoms with E-state index in [0.29, 0.717) is 0 Å². The molecule has 2 nitrogen and oxygen atoms in total. The molecule has 0 saturated carbocycles. The Morgan fingerprint density at radius 1 is 1.90 bits per heavy atom. The van der Waals surface area contributed by atoms with Crippen molar-refractivity contribution in [3.05, 3.63) is 22.5 Å². The highest BCUT2D eigenvalue weighted by molar-refractivity contribution is 9.10. The number of halogens is 2. The minimum atomic E-state index is -2.81. The van der Waals surface area contributed by atoms with Crippen molar-refractivity contribution in [3.8, 4) is 5.88 Å². The van der Waals surface area contributed by atoms with E-state index in [-0.39, 0.29) is 4.47 Å². The fourth-order valence-electron chi connectivity index (χ4n) is 0.409. The maximum absolute atomic E-state index is 12.9. The highest BCUT2D eigenvalue weighted by atomic mass is 79.9. The summed E-state index contributed by atoms with van der Waals surface area (Å²) < 4.78 is 51.8. The molecule has 0 saturated heterocycles. The number of ether oxygens (including phenoxy) is 1. The zero-order valence-corrected chi connectivity index (χ0v) is 6.20. The van der Waals surface area contributed by atoms with Crippen LogP contribution in [0.4, 0.5) is 4.39 Å². The van der Waals surface area contributed by atoms with Crippen LogP contribution in [0.2, 0.25) is 0 Å². The zero-order valence-electron chi connectivity index (χ0n) is 9.61. The first kappa shape index (κ1) is 3.17. The fraction of sp³-hybridized carbons (Fsp3) is 0.167. The number of nitrogens with zero attached hydrogens (tertiary/aromatic N) is 1. The molecule has 0 atom stereocenters. The first-order valence-electron chi connectivity index (χ1n) is 4.73. The molecule has 0 fully saturated rings. The van der Waals surface area contributed by atoms with Crippen molar-refractivity contribution in [1.29, 1.82) is 0 Å². The Hall–Kier alpha value is -0.640. The smallest absolute Gasteiger partial charge is 0.217 e. The van der Waals surface area contributed by atoms with Crippen molar-refractivity contribution in [2.45, 2.75) is 0 Å². The Morgan fingerprint density at radius 2 is 2.70 bits per heavy atom. The molecule has 0 aliphatic rings. The van der Waals surface area contributed by atoms with Crippen LogP contribution >= 0.6 is 15.9 Å². The average Bonchev–Trinajstić information content (AvgIpc) is 2.08. The van der Waals surface area contributed by atoms with Crippen molar-refractivity contribution in [1.82, 2.24) is 4.98 Å². The second-order valence-corrected chi connectivity index (χ2v) is 2.17. The Labute approximate surface area is 73.2 Å². The highest BCUT2D eigenvalue weighted by Gasteiger charge is 1.98. The largest absolute Gasteiger partial charge is 0.481 e. The first-order valence-corrected chi connectivity index (χ1v) is 3.03. The zero-order chi connectivity index (χ0) is 11.8. The van der Waals surface area contributed by atoms with Gasteiger partial charge in [-0.1, -0.05) is 15.9 Å². The van der Waals surface area contributed by atoms with E-state index in [4.69, 9.17) is 6.85 Å². The topological polar surface area (TPSA) is 22.1 Å². The number of rotatable bonds is 1. The van der Waals surface area contributed by atoms with Crippen LogP contribution in [0.5, 0.6) is 5.88 Å². The summed E-state index contributed by atoms with van der Waals surface area (Å²) in [4.78, 5) is 3.06. The molecule has 10 heavy (non-hydrogen) atoms. The Kier molecular flexibility index (Phi) is 0.940. The lowest BCUT2D eigenvalue weighted by Crippen LogP contribution is -1.89. The fourth-order valence-corrected chi connectivity index (χ4v) is 0.742. The van der Waals surface area contributed by atoms with Crippen LogP contribution < -0.4 is 4.74 Å².